The Balaban J connectivity index is 4.03. The minimum atomic E-state index is -0.0169. The van der Waals surface area contributed by atoms with Gasteiger partial charge >= 0.3 is 0 Å². The van der Waals surface area contributed by atoms with E-state index >= 15 is 0 Å². The molecule has 2 atom stereocenters. The van der Waals surface area contributed by atoms with Crippen LogP contribution < -0.4 is 0 Å². The second-order valence-electron chi connectivity index (χ2n) is 4.64. The van der Waals surface area contributed by atoms with Gasteiger partial charge in [-0.1, -0.05) is 52.2 Å². The van der Waals surface area contributed by atoms with Crippen molar-refractivity contribution in [1.29, 1.82) is 0 Å². The van der Waals surface area contributed by atoms with Gasteiger partial charge in [-0.2, -0.15) is 0 Å². The number of unbranched alkanes of at least 4 members (excludes halogenated alkanes) is 2. The highest BCUT2D eigenvalue weighted by Gasteiger charge is 2.23. The van der Waals surface area contributed by atoms with Crippen LogP contribution >= 0.6 is 0 Å². The van der Waals surface area contributed by atoms with E-state index in [1.165, 1.54) is 19.3 Å². The lowest BCUT2D eigenvalue weighted by atomic mass is 9.97. The van der Waals surface area contributed by atoms with Gasteiger partial charge < -0.3 is 0 Å². The zero-order valence-corrected chi connectivity index (χ0v) is 11.7. The fourth-order valence-corrected chi connectivity index (χ4v) is 1.92. The van der Waals surface area contributed by atoms with E-state index in [0.29, 0.717) is 5.92 Å². The van der Waals surface area contributed by atoms with Crippen molar-refractivity contribution < 1.29 is 4.48 Å². The highest BCUT2D eigenvalue weighted by Crippen LogP contribution is 2.19. The molecular weight excluding hydrogens is 203 g/mol. The zero-order chi connectivity index (χ0) is 12.6. The van der Waals surface area contributed by atoms with Crippen LogP contribution in [0.2, 0.25) is 0 Å². The molecule has 0 aliphatic heterocycles. The van der Waals surface area contributed by atoms with Crippen molar-refractivity contribution in [2.45, 2.75) is 66.3 Å². The predicted octanol–water partition coefficient (Wildman–Crippen LogP) is 4.03. The summed E-state index contributed by atoms with van der Waals surface area (Å²) in [6.07, 6.45) is 4.83. The maximum Gasteiger partial charge on any atom is 0.0563 e. The molecule has 98 valence electrons. The molecule has 0 spiro atoms. The van der Waals surface area contributed by atoms with E-state index in [1.807, 2.05) is 20.8 Å². The lowest BCUT2D eigenvalue weighted by Crippen LogP contribution is -2.44. The van der Waals surface area contributed by atoms with Crippen molar-refractivity contribution in [2.75, 3.05) is 13.1 Å². The molecular formula is C13H29FN2. The van der Waals surface area contributed by atoms with Crippen molar-refractivity contribution in [2.24, 2.45) is 5.92 Å². The second kappa shape index (κ2) is 8.94. The summed E-state index contributed by atoms with van der Waals surface area (Å²) >= 11 is 0. The third kappa shape index (κ3) is 5.26. The third-order valence-corrected chi connectivity index (χ3v) is 3.42. The second-order valence-corrected chi connectivity index (χ2v) is 4.64. The van der Waals surface area contributed by atoms with Gasteiger partial charge in [-0.05, 0) is 19.3 Å². The average molecular weight is 232 g/mol. The standard InChI is InChI=1S/C13H29FN2/c1-6-9-10-11-12(4)13(5)16(14)15(7-2)8-3/h12-13H,6-11H2,1-5H3. The molecule has 2 nitrogen and oxygen atoms in total. The summed E-state index contributed by atoms with van der Waals surface area (Å²) in [7, 11) is 0. The van der Waals surface area contributed by atoms with E-state index in [9.17, 15) is 4.48 Å². The van der Waals surface area contributed by atoms with Crippen LogP contribution in [-0.2, 0) is 0 Å². The number of nitrogens with zero attached hydrogens (tertiary/aromatic N) is 2. The van der Waals surface area contributed by atoms with E-state index in [2.05, 4.69) is 13.8 Å². The summed E-state index contributed by atoms with van der Waals surface area (Å²) in [6.45, 7) is 11.8. The van der Waals surface area contributed by atoms with Crippen LogP contribution in [0, 0.1) is 5.92 Å². The van der Waals surface area contributed by atoms with Gasteiger partial charge in [0.1, 0.15) is 0 Å². The fourth-order valence-electron chi connectivity index (χ4n) is 1.92. The summed E-state index contributed by atoms with van der Waals surface area (Å²) < 4.78 is 14.0. The van der Waals surface area contributed by atoms with Crippen LogP contribution in [0.5, 0.6) is 0 Å². The summed E-state index contributed by atoms with van der Waals surface area (Å²) in [6, 6.07) is -0.0169. The number of hydrogen-bond acceptors (Lipinski definition) is 2. The minimum Gasteiger partial charge on any atom is -0.214 e. The molecule has 0 saturated heterocycles. The van der Waals surface area contributed by atoms with Gasteiger partial charge in [0, 0.05) is 13.1 Å². The molecule has 0 bridgehead atoms. The Morgan fingerprint density at radius 3 is 2.00 bits per heavy atom. The number of halogens is 1. The SMILES string of the molecule is CCCCCC(C)C(C)N(F)N(CC)CC. The molecule has 0 heterocycles. The van der Waals surface area contributed by atoms with E-state index in [4.69, 9.17) is 0 Å². The van der Waals surface area contributed by atoms with Crippen LogP contribution in [-0.4, -0.2) is 29.4 Å². The van der Waals surface area contributed by atoms with Crippen LogP contribution in [0.25, 0.3) is 0 Å². The molecule has 0 amide bonds. The lowest BCUT2D eigenvalue weighted by molar-refractivity contribution is -0.204. The van der Waals surface area contributed by atoms with E-state index in [0.717, 1.165) is 24.7 Å². The van der Waals surface area contributed by atoms with Gasteiger partial charge in [0.05, 0.1) is 6.04 Å². The first-order valence-corrected chi connectivity index (χ1v) is 6.78. The smallest absolute Gasteiger partial charge is 0.0563 e. The van der Waals surface area contributed by atoms with Gasteiger partial charge in [-0.3, -0.25) is 0 Å². The molecule has 16 heavy (non-hydrogen) atoms. The predicted molar refractivity (Wildman–Crippen MR) is 68.6 cm³/mol. The van der Waals surface area contributed by atoms with E-state index in [-0.39, 0.29) is 6.04 Å². The summed E-state index contributed by atoms with van der Waals surface area (Å²) in [4.78, 5) is 0. The Morgan fingerprint density at radius 2 is 1.56 bits per heavy atom. The molecule has 0 aromatic carbocycles. The molecule has 3 heteroatoms. The summed E-state index contributed by atoms with van der Waals surface area (Å²) in [5, 5.41) is 2.68. The van der Waals surface area contributed by atoms with Crippen LogP contribution in [0.3, 0.4) is 0 Å². The van der Waals surface area contributed by atoms with Crippen molar-refractivity contribution in [3.05, 3.63) is 0 Å². The van der Waals surface area contributed by atoms with Crippen molar-refractivity contribution in [3.63, 3.8) is 0 Å². The summed E-state index contributed by atoms with van der Waals surface area (Å²) in [5.41, 5.74) is 0. The molecule has 0 aliphatic carbocycles. The van der Waals surface area contributed by atoms with Crippen LogP contribution in [0.15, 0.2) is 0 Å². The first-order chi connectivity index (χ1) is 7.58. The van der Waals surface area contributed by atoms with Gasteiger partial charge in [0.25, 0.3) is 0 Å². The molecule has 0 aromatic rings. The van der Waals surface area contributed by atoms with Crippen molar-refractivity contribution in [1.82, 2.24) is 10.2 Å². The van der Waals surface area contributed by atoms with Crippen LogP contribution in [0.4, 0.5) is 4.48 Å². The van der Waals surface area contributed by atoms with Crippen molar-refractivity contribution in [3.8, 4) is 0 Å². The topological polar surface area (TPSA) is 6.48 Å². The van der Waals surface area contributed by atoms with Gasteiger partial charge in [0.15, 0.2) is 0 Å². The quantitative estimate of drug-likeness (QED) is 0.336. The Labute approximate surface area is 101 Å². The van der Waals surface area contributed by atoms with Gasteiger partial charge in [0.2, 0.25) is 0 Å². The molecule has 0 saturated carbocycles. The van der Waals surface area contributed by atoms with E-state index < -0.39 is 0 Å². The Kier molecular flexibility index (Phi) is 8.86. The Hall–Kier alpha value is -0.150. The first-order valence-electron chi connectivity index (χ1n) is 6.78. The van der Waals surface area contributed by atoms with E-state index in [1.54, 1.807) is 5.01 Å². The highest BCUT2D eigenvalue weighted by atomic mass is 19.2. The number of rotatable bonds is 9. The molecule has 0 rings (SSSR count). The largest absolute Gasteiger partial charge is 0.214 e. The molecule has 0 aromatic heterocycles. The van der Waals surface area contributed by atoms with Crippen LogP contribution in [0.1, 0.15) is 60.3 Å². The molecule has 0 fully saturated rings. The Bertz CT molecular complexity index is 160. The first kappa shape index (κ1) is 15.9. The fraction of sp³-hybridized carbons (Fsp3) is 1.00. The monoisotopic (exact) mass is 232 g/mol. The molecule has 0 radical (unpaired) electrons. The minimum absolute atomic E-state index is 0.0169. The normalized spacial score (nSPS) is 15.8. The maximum absolute atomic E-state index is 14.0. The van der Waals surface area contributed by atoms with Crippen molar-refractivity contribution >= 4 is 0 Å². The third-order valence-electron chi connectivity index (χ3n) is 3.42. The summed E-state index contributed by atoms with van der Waals surface area (Å²) in [5.74, 6) is 0.414. The highest BCUT2D eigenvalue weighted by molar-refractivity contribution is 4.66. The number of hydrazine groups is 1. The molecule has 0 aliphatic rings. The average Bonchev–Trinajstić information content (AvgIpc) is 2.29. The zero-order valence-electron chi connectivity index (χ0n) is 11.7. The number of hydrogen-bond donors (Lipinski definition) is 0. The van der Waals surface area contributed by atoms with Gasteiger partial charge in [-0.25, -0.2) is 5.01 Å². The lowest BCUT2D eigenvalue weighted by Gasteiger charge is -2.33. The Morgan fingerprint density at radius 1 is 1.00 bits per heavy atom. The molecule has 2 unspecified atom stereocenters. The molecule has 0 N–H and O–H groups in total. The van der Waals surface area contributed by atoms with Gasteiger partial charge in [-0.15, -0.1) is 4.48 Å². The maximum atomic E-state index is 14.0.